The van der Waals surface area contributed by atoms with Gasteiger partial charge in [0.15, 0.2) is 0 Å². The molecule has 0 spiro atoms. The smallest absolute Gasteiger partial charge is 0.253 e. The van der Waals surface area contributed by atoms with Gasteiger partial charge in [-0.05, 0) is 25.5 Å². The molecule has 16 heavy (non-hydrogen) atoms. The van der Waals surface area contributed by atoms with Gasteiger partial charge >= 0.3 is 0 Å². The lowest BCUT2D eigenvalue weighted by atomic mass is 10.1. The number of rotatable bonds is 6. The lowest BCUT2D eigenvalue weighted by Crippen LogP contribution is -2.26. The molecule has 0 bridgehead atoms. The van der Waals surface area contributed by atoms with Crippen molar-refractivity contribution >= 4 is 11.6 Å². The quantitative estimate of drug-likeness (QED) is 0.565. The van der Waals surface area contributed by atoms with Gasteiger partial charge in [0.2, 0.25) is 0 Å². The maximum absolute atomic E-state index is 11.7. The van der Waals surface area contributed by atoms with Gasteiger partial charge in [-0.1, -0.05) is 12.1 Å². The second-order valence-corrected chi connectivity index (χ2v) is 3.39. The minimum atomic E-state index is -0.130. The molecule has 1 rings (SSSR count). The molecule has 1 amide bonds. The molecular formula is C12H18N2O2. The number of anilines is 1. The molecule has 4 nitrogen and oxygen atoms in total. The first-order valence-electron chi connectivity index (χ1n) is 5.46. The molecule has 0 aromatic heterocycles. The van der Waals surface area contributed by atoms with E-state index >= 15 is 0 Å². The SMILES string of the molecule is CCOCCCNC(=O)c1ccccc1N. The van der Waals surface area contributed by atoms with E-state index in [1.807, 2.05) is 6.92 Å². The Labute approximate surface area is 95.8 Å². The number of nitrogen functional groups attached to an aromatic ring is 1. The van der Waals surface area contributed by atoms with Gasteiger partial charge in [0.25, 0.3) is 5.91 Å². The molecule has 0 saturated heterocycles. The van der Waals surface area contributed by atoms with E-state index < -0.39 is 0 Å². The summed E-state index contributed by atoms with van der Waals surface area (Å²) in [5, 5.41) is 2.80. The standard InChI is InChI=1S/C12H18N2O2/c1-2-16-9-5-8-14-12(15)10-6-3-4-7-11(10)13/h3-4,6-7H,2,5,8-9,13H2,1H3,(H,14,15). The second-order valence-electron chi connectivity index (χ2n) is 3.39. The van der Waals surface area contributed by atoms with Crippen molar-refractivity contribution in [1.29, 1.82) is 0 Å². The van der Waals surface area contributed by atoms with Crippen LogP contribution >= 0.6 is 0 Å². The van der Waals surface area contributed by atoms with Crippen LogP contribution in [0, 0.1) is 0 Å². The van der Waals surface area contributed by atoms with Crippen molar-refractivity contribution < 1.29 is 9.53 Å². The van der Waals surface area contributed by atoms with Crippen molar-refractivity contribution in [3.05, 3.63) is 29.8 Å². The lowest BCUT2D eigenvalue weighted by Gasteiger charge is -2.07. The molecule has 0 radical (unpaired) electrons. The van der Waals surface area contributed by atoms with Gasteiger partial charge in [-0.2, -0.15) is 0 Å². The summed E-state index contributed by atoms with van der Waals surface area (Å²) in [6, 6.07) is 7.04. The van der Waals surface area contributed by atoms with Crippen molar-refractivity contribution in [1.82, 2.24) is 5.32 Å². The van der Waals surface area contributed by atoms with Crippen molar-refractivity contribution in [3.8, 4) is 0 Å². The molecule has 4 heteroatoms. The molecule has 0 aliphatic carbocycles. The molecule has 3 N–H and O–H groups in total. The number of nitrogens with one attached hydrogen (secondary N) is 1. The molecule has 0 saturated carbocycles. The van der Waals surface area contributed by atoms with Crippen LogP contribution in [0.3, 0.4) is 0 Å². The first kappa shape index (κ1) is 12.5. The Bertz CT molecular complexity index is 340. The lowest BCUT2D eigenvalue weighted by molar-refractivity contribution is 0.0945. The van der Waals surface area contributed by atoms with Crippen LogP contribution < -0.4 is 11.1 Å². The van der Waals surface area contributed by atoms with E-state index in [-0.39, 0.29) is 5.91 Å². The van der Waals surface area contributed by atoms with Crippen LogP contribution in [0.5, 0.6) is 0 Å². The summed E-state index contributed by atoms with van der Waals surface area (Å²) in [6.07, 6.45) is 0.812. The minimum Gasteiger partial charge on any atom is -0.398 e. The van der Waals surface area contributed by atoms with Gasteiger partial charge < -0.3 is 15.8 Å². The molecule has 0 unspecified atom stereocenters. The Kier molecular flexibility index (Phi) is 5.36. The minimum absolute atomic E-state index is 0.130. The molecule has 1 aromatic carbocycles. The van der Waals surface area contributed by atoms with Crippen LogP contribution in [-0.4, -0.2) is 25.7 Å². The summed E-state index contributed by atoms with van der Waals surface area (Å²) in [7, 11) is 0. The number of ether oxygens (including phenoxy) is 1. The number of benzene rings is 1. The first-order chi connectivity index (χ1) is 7.75. The summed E-state index contributed by atoms with van der Waals surface area (Å²) in [6.45, 7) is 3.93. The third-order valence-corrected chi connectivity index (χ3v) is 2.16. The largest absolute Gasteiger partial charge is 0.398 e. The summed E-state index contributed by atoms with van der Waals surface area (Å²) < 4.78 is 5.17. The Balaban J connectivity index is 2.33. The summed E-state index contributed by atoms with van der Waals surface area (Å²) >= 11 is 0. The van der Waals surface area contributed by atoms with E-state index in [1.165, 1.54) is 0 Å². The van der Waals surface area contributed by atoms with Crippen molar-refractivity contribution in [2.24, 2.45) is 0 Å². The highest BCUT2D eigenvalue weighted by molar-refractivity contribution is 5.98. The van der Waals surface area contributed by atoms with E-state index in [1.54, 1.807) is 24.3 Å². The molecule has 88 valence electrons. The topological polar surface area (TPSA) is 64.3 Å². The van der Waals surface area contributed by atoms with Gasteiger partial charge in [0.1, 0.15) is 0 Å². The number of nitrogens with two attached hydrogens (primary N) is 1. The van der Waals surface area contributed by atoms with Crippen LogP contribution in [0.1, 0.15) is 23.7 Å². The zero-order chi connectivity index (χ0) is 11.8. The maximum Gasteiger partial charge on any atom is 0.253 e. The molecule has 1 aromatic rings. The van der Waals surface area contributed by atoms with E-state index in [2.05, 4.69) is 5.32 Å². The van der Waals surface area contributed by atoms with Gasteiger partial charge in [-0.15, -0.1) is 0 Å². The molecule has 0 atom stereocenters. The Morgan fingerprint density at radius 2 is 2.19 bits per heavy atom. The van der Waals surface area contributed by atoms with Gasteiger partial charge in [0.05, 0.1) is 5.56 Å². The molecule has 0 aliphatic heterocycles. The fourth-order valence-electron chi connectivity index (χ4n) is 1.32. The Morgan fingerprint density at radius 1 is 1.44 bits per heavy atom. The first-order valence-corrected chi connectivity index (χ1v) is 5.46. The summed E-state index contributed by atoms with van der Waals surface area (Å²) in [5.41, 5.74) is 6.72. The predicted molar refractivity (Wildman–Crippen MR) is 64.3 cm³/mol. The van der Waals surface area contributed by atoms with Crippen LogP contribution in [0.4, 0.5) is 5.69 Å². The zero-order valence-corrected chi connectivity index (χ0v) is 9.53. The predicted octanol–water partition coefficient (Wildman–Crippen LogP) is 1.43. The fourth-order valence-corrected chi connectivity index (χ4v) is 1.32. The number of carbonyl (C=O) groups excluding carboxylic acids is 1. The number of hydrogen-bond donors (Lipinski definition) is 2. The van der Waals surface area contributed by atoms with Crippen LogP contribution in [0.2, 0.25) is 0 Å². The van der Waals surface area contributed by atoms with E-state index in [9.17, 15) is 4.79 Å². The van der Waals surface area contributed by atoms with Crippen molar-refractivity contribution in [3.63, 3.8) is 0 Å². The highest BCUT2D eigenvalue weighted by Crippen LogP contribution is 2.09. The monoisotopic (exact) mass is 222 g/mol. The maximum atomic E-state index is 11.7. The van der Waals surface area contributed by atoms with E-state index in [4.69, 9.17) is 10.5 Å². The zero-order valence-electron chi connectivity index (χ0n) is 9.53. The number of para-hydroxylation sites is 1. The van der Waals surface area contributed by atoms with Gasteiger partial charge in [-0.3, -0.25) is 4.79 Å². The van der Waals surface area contributed by atoms with Crippen LogP contribution in [-0.2, 0) is 4.74 Å². The summed E-state index contributed by atoms with van der Waals surface area (Å²) in [5.74, 6) is -0.130. The Hall–Kier alpha value is -1.55. The normalized spacial score (nSPS) is 10.1. The van der Waals surface area contributed by atoms with Crippen LogP contribution in [0.25, 0.3) is 0 Å². The van der Waals surface area contributed by atoms with Crippen LogP contribution in [0.15, 0.2) is 24.3 Å². The average Bonchev–Trinajstić information content (AvgIpc) is 2.29. The highest BCUT2D eigenvalue weighted by atomic mass is 16.5. The Morgan fingerprint density at radius 3 is 2.88 bits per heavy atom. The van der Waals surface area contributed by atoms with E-state index in [0.717, 1.165) is 6.42 Å². The number of amides is 1. The number of carbonyl (C=O) groups is 1. The molecule has 0 fully saturated rings. The molecule has 0 heterocycles. The molecule has 0 aliphatic rings. The van der Waals surface area contributed by atoms with Crippen molar-refractivity contribution in [2.45, 2.75) is 13.3 Å². The third-order valence-electron chi connectivity index (χ3n) is 2.16. The van der Waals surface area contributed by atoms with Gasteiger partial charge in [-0.25, -0.2) is 0 Å². The second kappa shape index (κ2) is 6.85. The fraction of sp³-hybridized carbons (Fsp3) is 0.417. The molecular weight excluding hydrogens is 204 g/mol. The van der Waals surface area contributed by atoms with Crippen molar-refractivity contribution in [2.75, 3.05) is 25.5 Å². The van der Waals surface area contributed by atoms with E-state index in [0.29, 0.717) is 31.0 Å². The van der Waals surface area contributed by atoms with Gasteiger partial charge in [0, 0.05) is 25.4 Å². The third kappa shape index (κ3) is 3.90. The average molecular weight is 222 g/mol. The highest BCUT2D eigenvalue weighted by Gasteiger charge is 2.07. The number of hydrogen-bond acceptors (Lipinski definition) is 3. The summed E-state index contributed by atoms with van der Waals surface area (Å²) in [4.78, 5) is 11.7.